The Hall–Kier alpha value is -2.55. The summed E-state index contributed by atoms with van der Waals surface area (Å²) in [5.41, 5.74) is 3.08. The van der Waals surface area contributed by atoms with E-state index in [2.05, 4.69) is 0 Å². The second kappa shape index (κ2) is 7.29. The van der Waals surface area contributed by atoms with Crippen molar-refractivity contribution in [3.8, 4) is 5.75 Å². The summed E-state index contributed by atoms with van der Waals surface area (Å²) in [6.07, 6.45) is 1.75. The zero-order valence-corrected chi connectivity index (χ0v) is 12.0. The number of allylic oxidation sites excluding steroid dienone is 1. The number of hydrogen-bond donors (Lipinski definition) is 1. The van der Waals surface area contributed by atoms with Crippen molar-refractivity contribution >= 4 is 11.5 Å². The van der Waals surface area contributed by atoms with E-state index in [0.29, 0.717) is 6.61 Å². The van der Waals surface area contributed by atoms with E-state index in [4.69, 9.17) is 9.84 Å². The molecule has 0 atom stereocenters. The molecule has 2 rings (SSSR count). The summed E-state index contributed by atoms with van der Waals surface area (Å²) in [7, 11) is 0. The lowest BCUT2D eigenvalue weighted by Crippen LogP contribution is -1.95. The van der Waals surface area contributed by atoms with Crippen molar-refractivity contribution in [3.63, 3.8) is 0 Å². The van der Waals surface area contributed by atoms with Crippen LogP contribution in [0.4, 0.5) is 0 Å². The number of aliphatic carboxylic acids is 1. The lowest BCUT2D eigenvalue weighted by molar-refractivity contribution is -0.135. The minimum atomic E-state index is -0.822. The molecule has 21 heavy (non-hydrogen) atoms. The maximum Gasteiger partial charge on any atom is 0.307 e. The normalized spacial score (nSPS) is 11.2. The number of carbonyl (C=O) groups is 1. The number of ether oxygens (including phenoxy) is 1. The van der Waals surface area contributed by atoms with Crippen LogP contribution in [0.15, 0.2) is 60.7 Å². The number of benzene rings is 2. The summed E-state index contributed by atoms with van der Waals surface area (Å²) < 4.78 is 5.71. The number of rotatable bonds is 6. The predicted molar refractivity (Wildman–Crippen MR) is 83.1 cm³/mol. The summed E-state index contributed by atoms with van der Waals surface area (Å²) >= 11 is 0. The lowest BCUT2D eigenvalue weighted by atomic mass is 10.1. The van der Waals surface area contributed by atoms with Gasteiger partial charge in [-0.3, -0.25) is 4.79 Å². The summed E-state index contributed by atoms with van der Waals surface area (Å²) in [6, 6.07) is 17.7. The fourth-order valence-corrected chi connectivity index (χ4v) is 1.91. The van der Waals surface area contributed by atoms with Gasteiger partial charge < -0.3 is 9.84 Å². The first-order valence-electron chi connectivity index (χ1n) is 6.81. The Bertz CT molecular complexity index is 613. The van der Waals surface area contributed by atoms with E-state index in [-0.39, 0.29) is 6.42 Å². The molecule has 0 aliphatic heterocycles. The Morgan fingerprint density at radius 2 is 1.76 bits per heavy atom. The zero-order chi connectivity index (χ0) is 15.1. The molecule has 108 valence electrons. The smallest absolute Gasteiger partial charge is 0.307 e. The summed E-state index contributed by atoms with van der Waals surface area (Å²) in [4.78, 5) is 10.5. The molecule has 0 heterocycles. The van der Waals surface area contributed by atoms with E-state index in [0.717, 1.165) is 22.4 Å². The van der Waals surface area contributed by atoms with Crippen molar-refractivity contribution in [3.05, 3.63) is 71.8 Å². The molecule has 0 fully saturated rings. The molecular formula is C18H18O3. The highest BCUT2D eigenvalue weighted by Crippen LogP contribution is 2.19. The van der Waals surface area contributed by atoms with Crippen LogP contribution in [-0.4, -0.2) is 11.1 Å². The molecule has 0 unspecified atom stereocenters. The molecule has 0 bridgehead atoms. The van der Waals surface area contributed by atoms with Crippen LogP contribution in [0.2, 0.25) is 0 Å². The highest BCUT2D eigenvalue weighted by molar-refractivity contribution is 5.73. The molecule has 0 saturated carbocycles. The largest absolute Gasteiger partial charge is 0.489 e. The molecule has 1 N–H and O–H groups in total. The van der Waals surface area contributed by atoms with E-state index >= 15 is 0 Å². The average Bonchev–Trinajstić information content (AvgIpc) is 2.52. The van der Waals surface area contributed by atoms with Crippen LogP contribution in [0.25, 0.3) is 5.57 Å². The van der Waals surface area contributed by atoms with Crippen LogP contribution in [0, 0.1) is 0 Å². The summed E-state index contributed by atoms with van der Waals surface area (Å²) in [5.74, 6) is -0.0224. The van der Waals surface area contributed by atoms with Crippen molar-refractivity contribution in [2.75, 3.05) is 0 Å². The van der Waals surface area contributed by atoms with Crippen LogP contribution in [0.1, 0.15) is 24.5 Å². The van der Waals surface area contributed by atoms with Crippen LogP contribution in [0.3, 0.4) is 0 Å². The Morgan fingerprint density at radius 3 is 2.38 bits per heavy atom. The summed E-state index contributed by atoms with van der Waals surface area (Å²) in [5, 5.41) is 8.67. The standard InChI is InChI=1S/C18H18O3/c1-14(7-12-18(19)20)16-8-10-17(11-9-16)21-13-15-5-3-2-4-6-15/h2-11H,12-13H2,1H3,(H,19,20)/b14-7+. The number of carboxylic acids is 1. The summed E-state index contributed by atoms with van der Waals surface area (Å²) in [6.45, 7) is 2.44. The van der Waals surface area contributed by atoms with Crippen molar-refractivity contribution in [2.24, 2.45) is 0 Å². The van der Waals surface area contributed by atoms with Gasteiger partial charge in [0.1, 0.15) is 12.4 Å². The minimum absolute atomic E-state index is 0.0398. The SMILES string of the molecule is C/C(=C\CC(=O)O)c1ccc(OCc2ccccc2)cc1. The molecule has 0 amide bonds. The van der Waals surface area contributed by atoms with E-state index in [1.54, 1.807) is 6.08 Å². The molecule has 0 aliphatic carbocycles. The molecule has 0 radical (unpaired) electrons. The minimum Gasteiger partial charge on any atom is -0.489 e. The molecule has 2 aromatic carbocycles. The monoisotopic (exact) mass is 282 g/mol. The van der Waals surface area contributed by atoms with Crippen molar-refractivity contribution < 1.29 is 14.6 Å². The molecule has 0 aliphatic rings. The molecule has 0 spiro atoms. The van der Waals surface area contributed by atoms with Crippen molar-refractivity contribution in [1.29, 1.82) is 0 Å². The van der Waals surface area contributed by atoms with E-state index in [9.17, 15) is 4.79 Å². The average molecular weight is 282 g/mol. The molecule has 3 nitrogen and oxygen atoms in total. The fourth-order valence-electron chi connectivity index (χ4n) is 1.91. The van der Waals surface area contributed by atoms with Crippen LogP contribution in [0.5, 0.6) is 5.75 Å². The Kier molecular flexibility index (Phi) is 5.16. The van der Waals surface area contributed by atoms with E-state index in [1.807, 2.05) is 61.5 Å². The highest BCUT2D eigenvalue weighted by Gasteiger charge is 2.00. The third kappa shape index (κ3) is 4.80. The van der Waals surface area contributed by atoms with Crippen molar-refractivity contribution in [2.45, 2.75) is 20.0 Å². The van der Waals surface area contributed by atoms with Gasteiger partial charge in [0.25, 0.3) is 0 Å². The molecular weight excluding hydrogens is 264 g/mol. The highest BCUT2D eigenvalue weighted by atomic mass is 16.5. The third-order valence-electron chi connectivity index (χ3n) is 3.14. The van der Waals surface area contributed by atoms with Crippen LogP contribution >= 0.6 is 0 Å². The Labute approximate surface area is 124 Å². The van der Waals surface area contributed by atoms with Gasteiger partial charge in [-0.15, -0.1) is 0 Å². The molecule has 3 heteroatoms. The number of hydrogen-bond acceptors (Lipinski definition) is 2. The first kappa shape index (κ1) is 14.9. The Morgan fingerprint density at radius 1 is 1.10 bits per heavy atom. The van der Waals surface area contributed by atoms with Gasteiger partial charge in [0.05, 0.1) is 6.42 Å². The lowest BCUT2D eigenvalue weighted by Gasteiger charge is -2.07. The zero-order valence-electron chi connectivity index (χ0n) is 12.0. The van der Waals surface area contributed by atoms with Crippen LogP contribution in [-0.2, 0) is 11.4 Å². The maximum atomic E-state index is 10.5. The van der Waals surface area contributed by atoms with E-state index in [1.165, 1.54) is 0 Å². The quantitative estimate of drug-likeness (QED) is 0.866. The maximum absolute atomic E-state index is 10.5. The van der Waals surface area contributed by atoms with Gasteiger partial charge in [0.2, 0.25) is 0 Å². The van der Waals surface area contributed by atoms with Gasteiger partial charge in [-0.05, 0) is 35.8 Å². The fraction of sp³-hybridized carbons (Fsp3) is 0.167. The third-order valence-corrected chi connectivity index (χ3v) is 3.14. The first-order valence-corrected chi connectivity index (χ1v) is 6.81. The second-order valence-electron chi connectivity index (χ2n) is 4.78. The molecule has 0 aromatic heterocycles. The van der Waals surface area contributed by atoms with Crippen molar-refractivity contribution in [1.82, 2.24) is 0 Å². The second-order valence-corrected chi connectivity index (χ2v) is 4.78. The molecule has 2 aromatic rings. The number of carboxylic acid groups (broad SMARTS) is 1. The van der Waals surface area contributed by atoms with E-state index < -0.39 is 5.97 Å². The van der Waals surface area contributed by atoms with Gasteiger partial charge in [-0.1, -0.05) is 48.5 Å². The predicted octanol–water partition coefficient (Wildman–Crippen LogP) is 4.14. The first-order chi connectivity index (χ1) is 10.1. The van der Waals surface area contributed by atoms with Gasteiger partial charge in [-0.2, -0.15) is 0 Å². The topological polar surface area (TPSA) is 46.5 Å². The van der Waals surface area contributed by atoms with Crippen LogP contribution < -0.4 is 4.74 Å². The van der Waals surface area contributed by atoms with Gasteiger partial charge in [0, 0.05) is 0 Å². The van der Waals surface area contributed by atoms with Gasteiger partial charge in [0.15, 0.2) is 0 Å². The molecule has 0 saturated heterocycles. The van der Waals surface area contributed by atoms with Gasteiger partial charge >= 0.3 is 5.97 Å². The Balaban J connectivity index is 1.96. The van der Waals surface area contributed by atoms with Gasteiger partial charge in [-0.25, -0.2) is 0 Å².